The molecule has 0 amide bonds. The number of alkyl halides is 1. The molecule has 0 radical (unpaired) electrons. The van der Waals surface area contributed by atoms with E-state index in [4.69, 9.17) is 9.47 Å². The molecule has 1 aliphatic rings. The van der Waals surface area contributed by atoms with Crippen LogP contribution in [0.5, 0.6) is 0 Å². The van der Waals surface area contributed by atoms with Gasteiger partial charge in [-0.1, -0.05) is 0 Å². The number of ether oxygens (including phenoxy) is 2. The normalized spacial score (nSPS) is 27.2. The molecule has 2 aromatic rings. The molecule has 4 atom stereocenters. The van der Waals surface area contributed by atoms with Crippen LogP contribution < -0.4 is 4.46 Å². The van der Waals surface area contributed by atoms with Crippen molar-refractivity contribution in [2.45, 2.75) is 30.0 Å². The molecular formula is C18H19FO3Se. The van der Waals surface area contributed by atoms with Crippen molar-refractivity contribution in [2.75, 3.05) is 6.61 Å². The molecule has 0 aliphatic carbocycles. The zero-order valence-corrected chi connectivity index (χ0v) is 14.3. The molecule has 1 aliphatic heterocycles. The number of hydrogen-bond acceptors (Lipinski definition) is 3. The second-order valence-electron chi connectivity index (χ2n) is 5.41. The Hall–Kier alpha value is -1.23. The first-order chi connectivity index (χ1) is 11.2. The van der Waals surface area contributed by atoms with E-state index in [0.29, 0.717) is 6.61 Å². The van der Waals surface area contributed by atoms with Crippen molar-refractivity contribution in [2.24, 2.45) is 0 Å². The van der Waals surface area contributed by atoms with Crippen molar-refractivity contribution < 1.29 is 19.0 Å². The van der Waals surface area contributed by atoms with Gasteiger partial charge in [0, 0.05) is 0 Å². The van der Waals surface area contributed by atoms with Gasteiger partial charge in [-0.25, -0.2) is 0 Å². The predicted molar refractivity (Wildman–Crippen MR) is 87.5 cm³/mol. The van der Waals surface area contributed by atoms with Crippen molar-refractivity contribution in [3.05, 3.63) is 66.2 Å². The van der Waals surface area contributed by atoms with Crippen LogP contribution in [0.4, 0.5) is 4.39 Å². The topological polar surface area (TPSA) is 38.7 Å². The summed E-state index contributed by atoms with van der Waals surface area (Å²) in [5.41, 5.74) is 1.03. The van der Waals surface area contributed by atoms with Crippen LogP contribution in [0, 0.1) is 0 Å². The quantitative estimate of drug-likeness (QED) is 0.774. The molecule has 1 saturated heterocycles. The molecule has 23 heavy (non-hydrogen) atoms. The van der Waals surface area contributed by atoms with E-state index in [-0.39, 0.29) is 21.6 Å². The zero-order chi connectivity index (χ0) is 16.1. The van der Waals surface area contributed by atoms with Crippen LogP contribution in [0.25, 0.3) is 0 Å². The van der Waals surface area contributed by atoms with Gasteiger partial charge in [0.15, 0.2) is 0 Å². The molecule has 122 valence electrons. The van der Waals surface area contributed by atoms with Gasteiger partial charge >= 0.3 is 141 Å². The van der Waals surface area contributed by atoms with Gasteiger partial charge in [-0.15, -0.1) is 0 Å². The van der Waals surface area contributed by atoms with Crippen LogP contribution in [0.2, 0.25) is 0 Å². The fraction of sp³-hybridized carbons (Fsp3) is 0.333. The number of aliphatic hydroxyl groups excluding tert-OH is 1. The number of halogens is 1. The summed E-state index contributed by atoms with van der Waals surface area (Å²) in [5.74, 6) is 0. The van der Waals surface area contributed by atoms with Gasteiger partial charge in [-0.2, -0.15) is 0 Å². The third kappa shape index (κ3) is 4.40. The standard InChI is InChI=1S/C18H19FO3Se/c19-16-15(12-21-11-13-7-3-1-4-8-13)22-18(17(16)20)23-14-9-5-2-6-10-14/h1-10,15-18,20H,11-12H2/t15-,16-,17+,18-/m1/s1. The van der Waals surface area contributed by atoms with Gasteiger partial charge in [0.25, 0.3) is 0 Å². The number of rotatable bonds is 6. The summed E-state index contributed by atoms with van der Waals surface area (Å²) in [6.45, 7) is 0.562. The van der Waals surface area contributed by atoms with E-state index in [1.54, 1.807) is 0 Å². The molecule has 0 aromatic heterocycles. The summed E-state index contributed by atoms with van der Waals surface area (Å²) >= 11 is -0.126. The second kappa shape index (κ2) is 8.04. The minimum absolute atomic E-state index is 0.126. The van der Waals surface area contributed by atoms with E-state index in [1.165, 1.54) is 0 Å². The number of benzene rings is 2. The summed E-state index contributed by atoms with van der Waals surface area (Å²) in [6.07, 6.45) is -3.19. The maximum absolute atomic E-state index is 14.2. The van der Waals surface area contributed by atoms with Crippen molar-refractivity contribution in [1.82, 2.24) is 0 Å². The van der Waals surface area contributed by atoms with Gasteiger partial charge in [0.1, 0.15) is 0 Å². The molecule has 1 fully saturated rings. The van der Waals surface area contributed by atoms with Gasteiger partial charge in [-0.3, -0.25) is 0 Å². The molecule has 3 nitrogen and oxygen atoms in total. The Bertz CT molecular complexity index is 596. The fourth-order valence-corrected chi connectivity index (χ4v) is 4.67. The molecule has 3 rings (SSSR count). The number of hydrogen-bond donors (Lipinski definition) is 1. The van der Waals surface area contributed by atoms with Gasteiger partial charge in [0.05, 0.1) is 0 Å². The Balaban J connectivity index is 1.51. The maximum atomic E-state index is 14.2. The summed E-state index contributed by atoms with van der Waals surface area (Å²) in [7, 11) is 0. The Kier molecular flexibility index (Phi) is 5.81. The van der Waals surface area contributed by atoms with Crippen molar-refractivity contribution in [1.29, 1.82) is 0 Å². The van der Waals surface area contributed by atoms with E-state index in [1.807, 2.05) is 60.7 Å². The Morgan fingerprint density at radius 2 is 1.70 bits per heavy atom. The summed E-state index contributed by atoms with van der Waals surface area (Å²) in [6, 6.07) is 19.5. The van der Waals surface area contributed by atoms with Crippen LogP contribution >= 0.6 is 0 Å². The van der Waals surface area contributed by atoms with Gasteiger partial charge in [-0.05, 0) is 0 Å². The molecule has 1 heterocycles. The Morgan fingerprint density at radius 1 is 1.04 bits per heavy atom. The SMILES string of the molecule is O[C@H]1[C@H](F)[C@@H](COCc2ccccc2)O[C@@H]1[Se]c1ccccc1. The van der Waals surface area contributed by atoms with Crippen LogP contribution in [-0.4, -0.2) is 50.1 Å². The average molecular weight is 381 g/mol. The molecule has 0 unspecified atom stereocenters. The molecule has 5 heteroatoms. The summed E-state index contributed by atoms with van der Waals surface area (Å²) in [4.78, 5) is 0. The summed E-state index contributed by atoms with van der Waals surface area (Å²) in [5, 5.41) is 9.60. The second-order valence-corrected chi connectivity index (χ2v) is 7.87. The Labute approximate surface area is 141 Å². The first kappa shape index (κ1) is 16.6. The van der Waals surface area contributed by atoms with E-state index < -0.39 is 23.4 Å². The van der Waals surface area contributed by atoms with E-state index in [0.717, 1.165) is 10.0 Å². The molecule has 2 aromatic carbocycles. The van der Waals surface area contributed by atoms with Crippen LogP contribution in [-0.2, 0) is 16.1 Å². The third-order valence-corrected chi connectivity index (χ3v) is 6.11. The predicted octanol–water partition coefficient (Wildman–Crippen LogP) is 1.66. The van der Waals surface area contributed by atoms with Gasteiger partial charge < -0.3 is 0 Å². The molecular weight excluding hydrogens is 362 g/mol. The van der Waals surface area contributed by atoms with E-state index in [2.05, 4.69) is 0 Å². The first-order valence-corrected chi connectivity index (χ1v) is 9.39. The number of aliphatic hydroxyl groups is 1. The molecule has 1 N–H and O–H groups in total. The van der Waals surface area contributed by atoms with Crippen LogP contribution in [0.3, 0.4) is 0 Å². The van der Waals surface area contributed by atoms with Crippen molar-refractivity contribution in [3.8, 4) is 0 Å². The minimum atomic E-state index is -1.40. The van der Waals surface area contributed by atoms with Crippen LogP contribution in [0.1, 0.15) is 5.56 Å². The first-order valence-electron chi connectivity index (χ1n) is 7.55. The molecule has 0 bridgehead atoms. The fourth-order valence-electron chi connectivity index (χ4n) is 2.43. The van der Waals surface area contributed by atoms with Crippen LogP contribution in [0.15, 0.2) is 60.7 Å². The third-order valence-electron chi connectivity index (χ3n) is 3.66. The van der Waals surface area contributed by atoms with Crippen molar-refractivity contribution >= 4 is 19.4 Å². The molecule has 0 spiro atoms. The van der Waals surface area contributed by atoms with Crippen molar-refractivity contribution in [3.63, 3.8) is 0 Å². The monoisotopic (exact) mass is 382 g/mol. The molecule has 0 saturated carbocycles. The van der Waals surface area contributed by atoms with E-state index >= 15 is 0 Å². The van der Waals surface area contributed by atoms with Gasteiger partial charge in [0.2, 0.25) is 0 Å². The summed E-state index contributed by atoms with van der Waals surface area (Å²) < 4.78 is 26.6. The Morgan fingerprint density at radius 3 is 2.39 bits per heavy atom. The zero-order valence-electron chi connectivity index (χ0n) is 12.5. The van der Waals surface area contributed by atoms with E-state index in [9.17, 15) is 9.50 Å². The average Bonchev–Trinajstić information content (AvgIpc) is 2.85.